The summed E-state index contributed by atoms with van der Waals surface area (Å²) in [7, 11) is 1.40. The molecule has 1 fully saturated rings. The van der Waals surface area contributed by atoms with Crippen molar-refractivity contribution < 1.29 is 19.7 Å². The molecule has 0 aromatic carbocycles. The number of halogens is 1. The molecule has 0 radical (unpaired) electrons. The summed E-state index contributed by atoms with van der Waals surface area (Å²) in [5.74, 6) is 0.0842. The van der Waals surface area contributed by atoms with Gasteiger partial charge in [-0.2, -0.15) is 4.98 Å². The van der Waals surface area contributed by atoms with Gasteiger partial charge in [-0.05, 0) is 13.0 Å². The van der Waals surface area contributed by atoms with E-state index in [0.29, 0.717) is 0 Å². The summed E-state index contributed by atoms with van der Waals surface area (Å²) in [4.78, 5) is 15.4. The molecular weight excluding hydrogens is 290 g/mol. The topological polar surface area (TPSA) is 120 Å². The van der Waals surface area contributed by atoms with E-state index in [9.17, 15) is 15.0 Å². The zero-order valence-electron chi connectivity index (χ0n) is 11.1. The Morgan fingerprint density at radius 3 is 2.75 bits per heavy atom. The Morgan fingerprint density at radius 2 is 2.30 bits per heavy atom. The molecule has 1 aliphatic rings. The van der Waals surface area contributed by atoms with Gasteiger partial charge in [0.15, 0.2) is 6.23 Å². The van der Waals surface area contributed by atoms with Gasteiger partial charge in [0.05, 0.1) is 6.61 Å². The van der Waals surface area contributed by atoms with E-state index in [-0.39, 0.29) is 24.8 Å². The van der Waals surface area contributed by atoms with Gasteiger partial charge < -0.3 is 25.4 Å². The Kier molecular flexibility index (Phi) is 5.11. The summed E-state index contributed by atoms with van der Waals surface area (Å²) in [6, 6.07) is 1.43. The molecule has 0 spiro atoms. The fraction of sp³-hybridized carbons (Fsp3) is 0.636. The molecule has 2 heterocycles. The summed E-state index contributed by atoms with van der Waals surface area (Å²) >= 11 is 0. The summed E-state index contributed by atoms with van der Waals surface area (Å²) in [5.41, 5.74) is 3.29. The predicted molar refractivity (Wildman–Crippen MR) is 72.6 cm³/mol. The number of aliphatic hydroxyl groups excluding tert-OH is 1. The smallest absolute Gasteiger partial charge is 0.351 e. The van der Waals surface area contributed by atoms with Gasteiger partial charge in [0.25, 0.3) is 0 Å². The fourth-order valence-electron chi connectivity index (χ4n) is 2.37. The highest BCUT2D eigenvalue weighted by molar-refractivity contribution is 5.85. The molecule has 4 N–H and O–H groups in total. The standard InChI is InChI=1S/C11H17N3O5.ClH/c1-11(17)8(18-2)6(5-15)19-9(11)14-4-3-7(12)13-10(14)16;/h3-4,6,8-9,15,17H,5H2,1-2H3,(H2,12,13,16);1H/t6-,8-,9-,11-;/m1./s1. The van der Waals surface area contributed by atoms with Crippen LogP contribution in [-0.2, 0) is 9.47 Å². The summed E-state index contributed by atoms with van der Waals surface area (Å²) < 4.78 is 11.8. The molecule has 1 aromatic rings. The Balaban J connectivity index is 0.00000200. The number of anilines is 1. The van der Waals surface area contributed by atoms with Gasteiger partial charge in [-0.1, -0.05) is 0 Å². The molecule has 0 amide bonds. The van der Waals surface area contributed by atoms with Gasteiger partial charge in [0.2, 0.25) is 0 Å². The molecule has 1 aromatic heterocycles. The quantitative estimate of drug-likeness (QED) is 0.648. The van der Waals surface area contributed by atoms with Crippen molar-refractivity contribution >= 4 is 18.2 Å². The number of methoxy groups -OCH3 is 1. The Labute approximate surface area is 121 Å². The fourth-order valence-corrected chi connectivity index (χ4v) is 2.37. The number of hydrogen-bond acceptors (Lipinski definition) is 7. The lowest BCUT2D eigenvalue weighted by molar-refractivity contribution is -0.104. The molecule has 8 nitrogen and oxygen atoms in total. The van der Waals surface area contributed by atoms with Crippen LogP contribution in [0.15, 0.2) is 17.1 Å². The minimum Gasteiger partial charge on any atom is -0.394 e. The van der Waals surface area contributed by atoms with E-state index in [1.165, 1.54) is 26.3 Å². The molecule has 0 aliphatic carbocycles. The van der Waals surface area contributed by atoms with Crippen LogP contribution < -0.4 is 11.4 Å². The van der Waals surface area contributed by atoms with Crippen molar-refractivity contribution in [1.82, 2.24) is 9.55 Å². The van der Waals surface area contributed by atoms with Crippen LogP contribution in [-0.4, -0.2) is 51.3 Å². The summed E-state index contributed by atoms with van der Waals surface area (Å²) in [6.45, 7) is 1.15. The molecule has 9 heteroatoms. The average molecular weight is 308 g/mol. The molecule has 1 saturated heterocycles. The highest BCUT2D eigenvalue weighted by Gasteiger charge is 2.54. The average Bonchev–Trinajstić information content (AvgIpc) is 2.60. The number of rotatable bonds is 3. The summed E-state index contributed by atoms with van der Waals surface area (Å²) in [6.07, 6.45) is -1.10. The van der Waals surface area contributed by atoms with Gasteiger partial charge in [-0.15, -0.1) is 12.4 Å². The lowest BCUT2D eigenvalue weighted by Crippen LogP contribution is -2.47. The normalized spacial score (nSPS) is 32.9. The lowest BCUT2D eigenvalue weighted by atomic mass is 9.96. The highest BCUT2D eigenvalue weighted by atomic mass is 35.5. The van der Waals surface area contributed by atoms with Crippen LogP contribution in [0.4, 0.5) is 5.82 Å². The molecule has 2 rings (SSSR count). The van der Waals surface area contributed by atoms with Gasteiger partial charge in [-0.25, -0.2) is 4.79 Å². The Morgan fingerprint density at radius 1 is 1.65 bits per heavy atom. The monoisotopic (exact) mass is 307 g/mol. The van der Waals surface area contributed by atoms with Crippen molar-refractivity contribution in [2.24, 2.45) is 0 Å². The predicted octanol–water partition coefficient (Wildman–Crippen LogP) is -1.10. The first-order chi connectivity index (χ1) is 8.91. The second-order valence-corrected chi connectivity index (χ2v) is 4.63. The molecule has 0 unspecified atom stereocenters. The van der Waals surface area contributed by atoms with Crippen molar-refractivity contribution in [2.45, 2.75) is 31.0 Å². The third-order valence-electron chi connectivity index (χ3n) is 3.26. The number of aromatic nitrogens is 2. The van der Waals surface area contributed by atoms with Gasteiger partial charge >= 0.3 is 5.69 Å². The van der Waals surface area contributed by atoms with Gasteiger partial charge in [0.1, 0.15) is 23.6 Å². The van der Waals surface area contributed by atoms with Crippen molar-refractivity contribution in [1.29, 1.82) is 0 Å². The number of nitrogens with zero attached hydrogens (tertiary/aromatic N) is 2. The Bertz CT molecular complexity index is 521. The van der Waals surface area contributed by atoms with Crippen LogP contribution in [0.1, 0.15) is 13.2 Å². The van der Waals surface area contributed by atoms with Gasteiger partial charge in [-0.3, -0.25) is 4.57 Å². The Hall–Kier alpha value is -1.19. The maximum absolute atomic E-state index is 11.8. The van der Waals surface area contributed by atoms with E-state index in [0.717, 1.165) is 4.57 Å². The molecule has 4 atom stereocenters. The van der Waals surface area contributed by atoms with Crippen molar-refractivity contribution in [3.05, 3.63) is 22.7 Å². The zero-order valence-corrected chi connectivity index (χ0v) is 11.9. The number of ether oxygens (including phenoxy) is 2. The van der Waals surface area contributed by atoms with Gasteiger partial charge in [0, 0.05) is 13.3 Å². The summed E-state index contributed by atoms with van der Waals surface area (Å²) in [5, 5.41) is 19.7. The number of aliphatic hydroxyl groups is 2. The van der Waals surface area contributed by atoms with E-state index >= 15 is 0 Å². The molecular formula is C11H18ClN3O5. The van der Waals surface area contributed by atoms with E-state index in [4.69, 9.17) is 15.2 Å². The van der Waals surface area contributed by atoms with Crippen LogP contribution in [0.3, 0.4) is 0 Å². The van der Waals surface area contributed by atoms with Crippen LogP contribution in [0.2, 0.25) is 0 Å². The number of nitrogen functional groups attached to an aromatic ring is 1. The van der Waals surface area contributed by atoms with Crippen LogP contribution in [0.5, 0.6) is 0 Å². The van der Waals surface area contributed by atoms with E-state index in [1.54, 1.807) is 0 Å². The highest BCUT2D eigenvalue weighted by Crippen LogP contribution is 2.38. The molecule has 20 heavy (non-hydrogen) atoms. The number of hydrogen-bond donors (Lipinski definition) is 3. The third kappa shape index (κ3) is 2.65. The molecule has 0 bridgehead atoms. The van der Waals surface area contributed by atoms with E-state index < -0.39 is 29.7 Å². The lowest BCUT2D eigenvalue weighted by Gasteiger charge is -2.29. The number of nitrogens with two attached hydrogens (primary N) is 1. The zero-order chi connectivity index (χ0) is 14.2. The minimum atomic E-state index is -1.48. The maximum atomic E-state index is 11.8. The van der Waals surface area contributed by atoms with E-state index in [2.05, 4.69) is 4.98 Å². The third-order valence-corrected chi connectivity index (χ3v) is 3.26. The van der Waals surface area contributed by atoms with Crippen molar-refractivity contribution in [3.8, 4) is 0 Å². The van der Waals surface area contributed by atoms with Crippen molar-refractivity contribution in [2.75, 3.05) is 19.5 Å². The second-order valence-electron chi connectivity index (χ2n) is 4.63. The van der Waals surface area contributed by atoms with Crippen molar-refractivity contribution in [3.63, 3.8) is 0 Å². The molecule has 0 saturated carbocycles. The van der Waals surface area contributed by atoms with Crippen LogP contribution in [0, 0.1) is 0 Å². The first-order valence-electron chi connectivity index (χ1n) is 5.78. The first-order valence-corrected chi connectivity index (χ1v) is 5.78. The first kappa shape index (κ1) is 16.9. The second kappa shape index (κ2) is 6.06. The van der Waals surface area contributed by atoms with Crippen LogP contribution >= 0.6 is 12.4 Å². The van der Waals surface area contributed by atoms with E-state index in [1.807, 2.05) is 0 Å². The molecule has 1 aliphatic heterocycles. The largest absolute Gasteiger partial charge is 0.394 e. The van der Waals surface area contributed by atoms with Crippen LogP contribution in [0.25, 0.3) is 0 Å². The minimum absolute atomic E-state index is 0. The SMILES string of the molecule is CO[C@@H]1[C@@H](CO)O[C@@H](n2ccc(N)nc2=O)[C@]1(C)O.Cl. The molecule has 114 valence electrons. The maximum Gasteiger partial charge on any atom is 0.351 e.